The summed E-state index contributed by atoms with van der Waals surface area (Å²) in [5.74, 6) is -1.25. The topological polar surface area (TPSA) is 129 Å². The van der Waals surface area contributed by atoms with Gasteiger partial charge in [0.1, 0.15) is 30.2 Å². The van der Waals surface area contributed by atoms with E-state index in [-0.39, 0.29) is 54.9 Å². The number of ketones is 2. The number of carbonyl (C=O) groups excluding carboxylic acids is 3. The third-order valence-corrected chi connectivity index (χ3v) is 9.30. The molecule has 0 aromatic carbocycles. The van der Waals surface area contributed by atoms with E-state index < -0.39 is 29.4 Å². The first-order valence-corrected chi connectivity index (χ1v) is 16.6. The summed E-state index contributed by atoms with van der Waals surface area (Å²) in [5.41, 5.74) is -1.76. The maximum absolute atomic E-state index is 12.8. The number of allylic oxidation sites excluding steroid dienone is 2. The smallest absolute Gasteiger partial charge is 0.313 e. The number of piperazine rings is 1. The molecule has 3 aliphatic rings. The summed E-state index contributed by atoms with van der Waals surface area (Å²) >= 11 is 0. The molecule has 8 unspecified atom stereocenters. The molecule has 0 aliphatic carbocycles. The van der Waals surface area contributed by atoms with Crippen LogP contribution in [0.3, 0.4) is 0 Å². The Hall–Kier alpha value is -2.21. The Morgan fingerprint density at radius 2 is 1.87 bits per heavy atom. The van der Waals surface area contributed by atoms with Crippen molar-refractivity contribution in [3.63, 3.8) is 0 Å². The number of hydroxylamine groups is 2. The van der Waals surface area contributed by atoms with Gasteiger partial charge in [0.2, 0.25) is 0 Å². The van der Waals surface area contributed by atoms with Gasteiger partial charge in [0.15, 0.2) is 0 Å². The molecule has 254 valence electrons. The molecule has 3 aliphatic heterocycles. The minimum atomic E-state index is -1.33. The molecule has 3 heterocycles. The lowest BCUT2D eigenvalue weighted by Gasteiger charge is -2.40. The first-order valence-electron chi connectivity index (χ1n) is 16.6. The Bertz CT molecular complexity index is 1120. The van der Waals surface area contributed by atoms with Gasteiger partial charge in [-0.25, -0.2) is 0 Å². The van der Waals surface area contributed by atoms with Gasteiger partial charge in [0.05, 0.1) is 23.4 Å². The van der Waals surface area contributed by atoms with Crippen LogP contribution in [0.5, 0.6) is 0 Å². The fraction of sp³-hybridized carbons (Fsp3) is 0.743. The van der Waals surface area contributed by atoms with Gasteiger partial charge in [-0.15, -0.1) is 0 Å². The largest absolute Gasteiger partial charge is 0.457 e. The third kappa shape index (κ3) is 11.2. The lowest BCUT2D eigenvalue weighted by molar-refractivity contribution is -0.240. The van der Waals surface area contributed by atoms with Crippen LogP contribution < -0.4 is 0 Å². The van der Waals surface area contributed by atoms with Crippen molar-refractivity contribution < 1.29 is 38.9 Å². The summed E-state index contributed by atoms with van der Waals surface area (Å²) in [6.45, 7) is 18.3. The van der Waals surface area contributed by atoms with Crippen LogP contribution in [0, 0.1) is 11.8 Å². The number of Topliss-reactive ketones (excluding diaryl/α,β-unsaturated/α-hetero) is 2. The average molecular weight is 633 g/mol. The zero-order chi connectivity index (χ0) is 33.5. The summed E-state index contributed by atoms with van der Waals surface area (Å²) in [4.78, 5) is 46.2. The van der Waals surface area contributed by atoms with Crippen molar-refractivity contribution in [2.45, 2.75) is 129 Å². The van der Waals surface area contributed by atoms with Crippen LogP contribution in [0.4, 0.5) is 0 Å². The van der Waals surface area contributed by atoms with Crippen molar-refractivity contribution >= 4 is 17.5 Å². The van der Waals surface area contributed by atoms with E-state index in [2.05, 4.69) is 18.7 Å². The van der Waals surface area contributed by atoms with Gasteiger partial charge in [-0.1, -0.05) is 51.2 Å². The number of hydrogen-bond donors (Lipinski definition) is 2. The van der Waals surface area contributed by atoms with Crippen LogP contribution in [0.15, 0.2) is 36.0 Å². The molecule has 0 aromatic rings. The van der Waals surface area contributed by atoms with E-state index in [4.69, 9.17) is 14.3 Å². The zero-order valence-corrected chi connectivity index (χ0v) is 28.5. The first-order chi connectivity index (χ1) is 21.0. The fourth-order valence-electron chi connectivity index (χ4n) is 6.04. The van der Waals surface area contributed by atoms with E-state index in [1.807, 2.05) is 44.9 Å². The Morgan fingerprint density at radius 3 is 2.49 bits per heavy atom. The summed E-state index contributed by atoms with van der Waals surface area (Å²) in [7, 11) is 0. The van der Waals surface area contributed by atoms with E-state index in [0.717, 1.165) is 18.7 Å². The molecule has 2 saturated heterocycles. The lowest BCUT2D eigenvalue weighted by Crippen LogP contribution is -2.52. The minimum absolute atomic E-state index is 0.0285. The summed E-state index contributed by atoms with van der Waals surface area (Å²) in [5, 5.41) is 24.3. The summed E-state index contributed by atoms with van der Waals surface area (Å²) in [6, 6.07) is 0.450. The van der Waals surface area contributed by atoms with Crippen LogP contribution >= 0.6 is 0 Å². The van der Waals surface area contributed by atoms with Gasteiger partial charge in [0.25, 0.3) is 0 Å². The molecule has 3 rings (SSSR count). The lowest BCUT2D eigenvalue weighted by atomic mass is 9.89. The SMILES string of the molecule is CCC(=O)C(C)C1OC1CC(C)(O)/C=C/C=C(\C)C1OC(=O)CC(=O)CCC(C)(O)C(ON2CCN(C(C)C)CC2)/C=C/C1C. The van der Waals surface area contributed by atoms with E-state index in [0.29, 0.717) is 32.0 Å². The van der Waals surface area contributed by atoms with Crippen molar-refractivity contribution in [1.29, 1.82) is 0 Å². The van der Waals surface area contributed by atoms with Crippen molar-refractivity contribution in [2.75, 3.05) is 26.2 Å². The number of ether oxygens (including phenoxy) is 2. The van der Waals surface area contributed by atoms with Crippen molar-refractivity contribution in [2.24, 2.45) is 11.8 Å². The number of hydrogen-bond acceptors (Lipinski definition) is 10. The average Bonchev–Trinajstić information content (AvgIpc) is 3.73. The number of esters is 1. The maximum Gasteiger partial charge on any atom is 0.313 e. The highest BCUT2D eigenvalue weighted by Crippen LogP contribution is 2.36. The molecule has 2 N–H and O–H groups in total. The molecule has 0 bridgehead atoms. The number of cyclic esters (lactones) is 1. The molecule has 0 saturated carbocycles. The highest BCUT2D eigenvalue weighted by molar-refractivity contribution is 5.95. The second-order valence-corrected chi connectivity index (χ2v) is 13.9. The molecular weight excluding hydrogens is 576 g/mol. The van der Waals surface area contributed by atoms with E-state index in [9.17, 15) is 24.6 Å². The number of epoxide rings is 1. The van der Waals surface area contributed by atoms with Crippen molar-refractivity contribution in [3.05, 3.63) is 36.0 Å². The number of carbonyl (C=O) groups is 3. The normalized spacial score (nSPS) is 34.1. The van der Waals surface area contributed by atoms with Gasteiger partial charge in [-0.05, 0) is 46.6 Å². The molecule has 0 aromatic heterocycles. The summed E-state index contributed by atoms with van der Waals surface area (Å²) < 4.78 is 11.5. The van der Waals surface area contributed by atoms with Gasteiger partial charge in [0, 0.05) is 63.3 Å². The predicted octanol–water partition coefficient (Wildman–Crippen LogP) is 3.95. The van der Waals surface area contributed by atoms with Crippen LogP contribution in [0.25, 0.3) is 0 Å². The highest BCUT2D eigenvalue weighted by Gasteiger charge is 2.47. The Kier molecular flexibility index (Phi) is 13.3. The molecule has 2 fully saturated rings. The second kappa shape index (κ2) is 16.1. The molecular formula is C35H56N2O8. The van der Waals surface area contributed by atoms with E-state index in [1.54, 1.807) is 32.1 Å². The first kappa shape index (κ1) is 37.2. The standard InChI is InChI=1S/C35H56N2O8/c1-9-28(39)26(6)33-29(43-33)22-34(7,41)15-10-11-24(4)32-25(5)12-13-30(45-37-19-17-36(18-20-37)23(2)3)35(8,42)16-14-27(38)21-31(40)44-32/h10-13,15,23,25-26,29-30,32-33,41-42H,9,14,16-22H2,1-8H3/b13-12+,15-10+,24-11+. The molecule has 0 spiro atoms. The molecule has 10 heteroatoms. The number of nitrogens with zero attached hydrogens (tertiary/aromatic N) is 2. The van der Waals surface area contributed by atoms with Crippen LogP contribution in [-0.2, 0) is 28.7 Å². The van der Waals surface area contributed by atoms with Crippen molar-refractivity contribution in [1.82, 2.24) is 9.96 Å². The van der Waals surface area contributed by atoms with Gasteiger partial charge >= 0.3 is 5.97 Å². The zero-order valence-electron chi connectivity index (χ0n) is 28.5. The van der Waals surface area contributed by atoms with Crippen LogP contribution in [-0.4, -0.2) is 106 Å². The quantitative estimate of drug-likeness (QED) is 0.114. The van der Waals surface area contributed by atoms with E-state index >= 15 is 0 Å². The van der Waals surface area contributed by atoms with Gasteiger partial charge < -0.3 is 19.7 Å². The monoisotopic (exact) mass is 632 g/mol. The van der Waals surface area contributed by atoms with E-state index in [1.165, 1.54) is 0 Å². The molecule has 45 heavy (non-hydrogen) atoms. The number of aliphatic hydroxyl groups is 2. The van der Waals surface area contributed by atoms with Crippen molar-refractivity contribution in [3.8, 4) is 0 Å². The van der Waals surface area contributed by atoms with Gasteiger partial charge in [-0.3, -0.25) is 24.1 Å². The van der Waals surface area contributed by atoms with Crippen LogP contribution in [0.2, 0.25) is 0 Å². The Labute approximate surface area is 269 Å². The molecule has 10 nitrogen and oxygen atoms in total. The highest BCUT2D eigenvalue weighted by atomic mass is 16.7. The second-order valence-electron chi connectivity index (χ2n) is 13.9. The predicted molar refractivity (Wildman–Crippen MR) is 172 cm³/mol. The minimum Gasteiger partial charge on any atom is -0.457 e. The summed E-state index contributed by atoms with van der Waals surface area (Å²) in [6.07, 6.45) is 7.81. The Morgan fingerprint density at radius 1 is 1.20 bits per heavy atom. The fourth-order valence-corrected chi connectivity index (χ4v) is 6.04. The maximum atomic E-state index is 12.8. The molecule has 8 atom stereocenters. The Balaban J connectivity index is 1.73. The molecule has 0 radical (unpaired) electrons. The van der Waals surface area contributed by atoms with Crippen LogP contribution in [0.1, 0.15) is 87.5 Å². The van der Waals surface area contributed by atoms with Gasteiger partial charge in [-0.2, -0.15) is 5.06 Å². The third-order valence-electron chi connectivity index (χ3n) is 9.30. The number of rotatable bonds is 11. The molecule has 0 amide bonds.